The first-order valence-electron chi connectivity index (χ1n) is 9.92. The number of halogens is 1. The predicted molar refractivity (Wildman–Crippen MR) is 116 cm³/mol. The minimum absolute atomic E-state index is 0.214. The lowest BCUT2D eigenvalue weighted by Gasteiger charge is -2.53. The van der Waals surface area contributed by atoms with Crippen molar-refractivity contribution in [3.05, 3.63) is 64.2 Å². The Morgan fingerprint density at radius 2 is 1.86 bits per heavy atom. The van der Waals surface area contributed by atoms with Crippen molar-refractivity contribution in [3.8, 4) is 11.5 Å². The van der Waals surface area contributed by atoms with E-state index in [1.807, 2.05) is 36.4 Å². The molecule has 0 amide bonds. The van der Waals surface area contributed by atoms with Gasteiger partial charge in [-0.05, 0) is 54.2 Å². The summed E-state index contributed by atoms with van der Waals surface area (Å²) in [6.45, 7) is 2.86. The Bertz CT molecular complexity index is 930. The molecular weight excluding hydrogens is 386 g/mol. The van der Waals surface area contributed by atoms with Crippen LogP contribution in [-0.4, -0.2) is 38.5 Å². The molecule has 2 aromatic carbocycles. The van der Waals surface area contributed by atoms with Gasteiger partial charge in [-0.2, -0.15) is 0 Å². The first-order chi connectivity index (χ1) is 14.1. The van der Waals surface area contributed by atoms with Crippen LogP contribution in [0.5, 0.6) is 11.5 Å². The smallest absolute Gasteiger partial charge is 0.146 e. The topological polar surface area (TPSA) is 38.8 Å². The van der Waals surface area contributed by atoms with Crippen LogP contribution in [0, 0.1) is 5.41 Å². The van der Waals surface area contributed by atoms with Crippen LogP contribution in [-0.2, 0) is 11.3 Å². The van der Waals surface area contributed by atoms with Gasteiger partial charge in [-0.25, -0.2) is 0 Å². The van der Waals surface area contributed by atoms with Crippen molar-refractivity contribution in [1.29, 1.82) is 0 Å². The van der Waals surface area contributed by atoms with Gasteiger partial charge in [0, 0.05) is 41.7 Å². The molecule has 4 rings (SSSR count). The van der Waals surface area contributed by atoms with Crippen molar-refractivity contribution in [2.24, 2.45) is 5.41 Å². The normalized spacial score (nSPS) is 18.4. The molecule has 1 aliphatic heterocycles. The fraction of sp³-hybridized carbons (Fsp3) is 0.375. The quantitative estimate of drug-likeness (QED) is 0.627. The molecule has 0 saturated carbocycles. The maximum atomic E-state index is 11.8. The standard InChI is InChI=1S/C24H26ClNO3/c1-28-21-8-5-18(23(11-21)29-2)13-26-15-24(16-26)10-9-22(19(12-24)14-27)17-3-6-20(25)7-4-17/h3-8,11,14H,9-10,12-13,15-16H2,1-2H3. The van der Waals surface area contributed by atoms with Crippen LogP contribution in [0.2, 0.25) is 5.02 Å². The second kappa shape index (κ2) is 8.21. The summed E-state index contributed by atoms with van der Waals surface area (Å²) in [6.07, 6.45) is 3.96. The van der Waals surface area contributed by atoms with Crippen LogP contribution in [0.15, 0.2) is 48.0 Å². The van der Waals surface area contributed by atoms with Gasteiger partial charge in [-0.15, -0.1) is 0 Å². The Labute approximate surface area is 177 Å². The molecule has 5 heteroatoms. The van der Waals surface area contributed by atoms with Crippen molar-refractivity contribution in [2.75, 3.05) is 27.3 Å². The molecule has 1 fully saturated rings. The maximum absolute atomic E-state index is 11.8. The molecule has 1 heterocycles. The zero-order valence-corrected chi connectivity index (χ0v) is 17.7. The van der Waals surface area contributed by atoms with Gasteiger partial charge in [0.15, 0.2) is 0 Å². The van der Waals surface area contributed by atoms with E-state index in [0.717, 1.165) is 78.4 Å². The van der Waals surface area contributed by atoms with Crippen molar-refractivity contribution >= 4 is 23.5 Å². The SMILES string of the molecule is COc1ccc(CN2CC3(CCC(c4ccc(Cl)cc4)=C(C=O)C3)C2)c(OC)c1. The molecule has 0 aromatic heterocycles. The number of benzene rings is 2. The third-order valence-electron chi connectivity index (χ3n) is 6.20. The summed E-state index contributed by atoms with van der Waals surface area (Å²) >= 11 is 6.01. The Balaban J connectivity index is 1.44. The Morgan fingerprint density at radius 3 is 2.52 bits per heavy atom. The maximum Gasteiger partial charge on any atom is 0.146 e. The van der Waals surface area contributed by atoms with Crippen LogP contribution in [0.4, 0.5) is 0 Å². The summed E-state index contributed by atoms with van der Waals surface area (Å²) in [5, 5.41) is 0.720. The van der Waals surface area contributed by atoms with Gasteiger partial charge in [0.1, 0.15) is 17.8 Å². The molecule has 29 heavy (non-hydrogen) atoms. The number of allylic oxidation sites excluding steroid dienone is 2. The van der Waals surface area contributed by atoms with E-state index in [4.69, 9.17) is 21.1 Å². The fourth-order valence-corrected chi connectivity index (χ4v) is 4.88. The van der Waals surface area contributed by atoms with E-state index in [2.05, 4.69) is 11.0 Å². The highest BCUT2D eigenvalue weighted by Gasteiger charge is 2.45. The van der Waals surface area contributed by atoms with Gasteiger partial charge in [-0.1, -0.05) is 29.8 Å². The molecule has 0 bridgehead atoms. The van der Waals surface area contributed by atoms with Gasteiger partial charge in [-0.3, -0.25) is 9.69 Å². The average molecular weight is 412 g/mol. The predicted octanol–water partition coefficient (Wildman–Crippen LogP) is 5.00. The van der Waals surface area contributed by atoms with E-state index in [9.17, 15) is 4.79 Å². The molecule has 1 spiro atoms. The molecular formula is C24H26ClNO3. The Kier molecular flexibility index (Phi) is 5.66. The first kappa shape index (κ1) is 20.0. The Morgan fingerprint density at radius 1 is 1.10 bits per heavy atom. The summed E-state index contributed by atoms with van der Waals surface area (Å²) in [5.41, 5.74) is 4.61. The van der Waals surface area contributed by atoms with Crippen molar-refractivity contribution in [3.63, 3.8) is 0 Å². The van der Waals surface area contributed by atoms with Crippen LogP contribution in [0.3, 0.4) is 0 Å². The zero-order valence-electron chi connectivity index (χ0n) is 16.9. The van der Waals surface area contributed by atoms with E-state index >= 15 is 0 Å². The molecule has 152 valence electrons. The molecule has 4 nitrogen and oxygen atoms in total. The second-order valence-corrected chi connectivity index (χ2v) is 8.56. The molecule has 0 radical (unpaired) electrons. The fourth-order valence-electron chi connectivity index (χ4n) is 4.75. The van der Waals surface area contributed by atoms with Crippen LogP contribution >= 0.6 is 11.6 Å². The third kappa shape index (κ3) is 4.05. The van der Waals surface area contributed by atoms with Gasteiger partial charge >= 0.3 is 0 Å². The highest BCUT2D eigenvalue weighted by atomic mass is 35.5. The highest BCUT2D eigenvalue weighted by molar-refractivity contribution is 6.30. The van der Waals surface area contributed by atoms with E-state index in [1.165, 1.54) is 5.57 Å². The summed E-state index contributed by atoms with van der Waals surface area (Å²) in [4.78, 5) is 14.3. The largest absolute Gasteiger partial charge is 0.497 e. The molecule has 2 aliphatic rings. The third-order valence-corrected chi connectivity index (χ3v) is 6.45. The number of likely N-dealkylation sites (tertiary alicyclic amines) is 1. The number of methoxy groups -OCH3 is 2. The number of aldehydes is 1. The average Bonchev–Trinajstić information content (AvgIpc) is 2.73. The first-order valence-corrected chi connectivity index (χ1v) is 10.3. The molecule has 0 unspecified atom stereocenters. The van der Waals surface area contributed by atoms with E-state index in [0.29, 0.717) is 0 Å². The van der Waals surface area contributed by atoms with Crippen molar-refractivity contribution < 1.29 is 14.3 Å². The number of nitrogens with zero attached hydrogens (tertiary/aromatic N) is 1. The summed E-state index contributed by atoms with van der Waals surface area (Å²) in [6, 6.07) is 13.8. The summed E-state index contributed by atoms with van der Waals surface area (Å²) < 4.78 is 10.8. The summed E-state index contributed by atoms with van der Waals surface area (Å²) in [7, 11) is 3.35. The van der Waals surface area contributed by atoms with Crippen molar-refractivity contribution in [2.45, 2.75) is 25.8 Å². The summed E-state index contributed by atoms with van der Waals surface area (Å²) in [5.74, 6) is 1.65. The zero-order chi connectivity index (χ0) is 20.4. The Hall–Kier alpha value is -2.30. The highest BCUT2D eigenvalue weighted by Crippen LogP contribution is 2.48. The lowest BCUT2D eigenvalue weighted by atomic mass is 9.66. The van der Waals surface area contributed by atoms with Crippen LogP contribution in [0.1, 0.15) is 30.4 Å². The lowest BCUT2D eigenvalue weighted by molar-refractivity contribution is -0.106. The van der Waals surface area contributed by atoms with Gasteiger partial charge in [0.05, 0.1) is 14.2 Å². The van der Waals surface area contributed by atoms with Gasteiger partial charge < -0.3 is 9.47 Å². The molecule has 1 saturated heterocycles. The minimum Gasteiger partial charge on any atom is -0.497 e. The number of hydrogen-bond acceptors (Lipinski definition) is 4. The number of carbonyl (C=O) groups is 1. The number of carbonyl (C=O) groups excluding carboxylic acids is 1. The molecule has 1 aliphatic carbocycles. The molecule has 2 aromatic rings. The molecule has 0 atom stereocenters. The van der Waals surface area contributed by atoms with Crippen LogP contribution < -0.4 is 9.47 Å². The van der Waals surface area contributed by atoms with E-state index in [-0.39, 0.29) is 5.41 Å². The van der Waals surface area contributed by atoms with Gasteiger partial charge in [0.25, 0.3) is 0 Å². The van der Waals surface area contributed by atoms with Crippen molar-refractivity contribution in [1.82, 2.24) is 4.90 Å². The lowest BCUT2D eigenvalue weighted by Crippen LogP contribution is -2.56. The molecule has 0 N–H and O–H groups in total. The monoisotopic (exact) mass is 411 g/mol. The number of hydrogen-bond donors (Lipinski definition) is 0. The van der Waals surface area contributed by atoms with Gasteiger partial charge in [0.2, 0.25) is 0 Å². The number of rotatable bonds is 6. The number of ether oxygens (including phenoxy) is 2. The van der Waals surface area contributed by atoms with E-state index in [1.54, 1.807) is 14.2 Å². The van der Waals surface area contributed by atoms with Crippen LogP contribution in [0.25, 0.3) is 5.57 Å². The second-order valence-electron chi connectivity index (χ2n) is 8.13. The van der Waals surface area contributed by atoms with E-state index < -0.39 is 0 Å². The minimum atomic E-state index is 0.214.